The van der Waals surface area contributed by atoms with Gasteiger partial charge in [0.15, 0.2) is 11.0 Å². The molecular formula is C26H34N4O2S. The lowest BCUT2D eigenvalue weighted by Crippen LogP contribution is -2.33. The molecule has 33 heavy (non-hydrogen) atoms. The number of unbranched alkanes of at least 4 members (excludes halogenated alkanes) is 2. The van der Waals surface area contributed by atoms with Gasteiger partial charge in [0.25, 0.3) is 0 Å². The molecule has 0 aliphatic heterocycles. The number of nitrogens with zero attached hydrogens (tertiary/aromatic N) is 3. The number of nitrogens with one attached hydrogen (secondary N) is 1. The molecule has 3 rings (SSSR count). The van der Waals surface area contributed by atoms with Gasteiger partial charge in [-0.2, -0.15) is 0 Å². The highest BCUT2D eigenvalue weighted by Gasteiger charge is 2.18. The second-order valence-electron chi connectivity index (χ2n) is 8.15. The molecule has 0 bridgehead atoms. The summed E-state index contributed by atoms with van der Waals surface area (Å²) in [6, 6.07) is 18.3. The van der Waals surface area contributed by atoms with Gasteiger partial charge in [-0.1, -0.05) is 80.4 Å². The quantitative estimate of drug-likeness (QED) is 0.271. The van der Waals surface area contributed by atoms with Crippen molar-refractivity contribution in [3.63, 3.8) is 0 Å². The van der Waals surface area contributed by atoms with E-state index in [1.54, 1.807) is 7.11 Å². The van der Waals surface area contributed by atoms with E-state index in [9.17, 15) is 4.79 Å². The van der Waals surface area contributed by atoms with Gasteiger partial charge in [-0.3, -0.25) is 4.79 Å². The molecule has 1 amide bonds. The number of amides is 1. The number of aromatic nitrogens is 3. The van der Waals surface area contributed by atoms with E-state index in [0.717, 1.165) is 41.6 Å². The van der Waals surface area contributed by atoms with Crippen molar-refractivity contribution in [2.75, 3.05) is 12.9 Å². The van der Waals surface area contributed by atoms with Crippen molar-refractivity contribution in [1.29, 1.82) is 0 Å². The van der Waals surface area contributed by atoms with Crippen molar-refractivity contribution in [2.24, 2.45) is 0 Å². The van der Waals surface area contributed by atoms with Crippen LogP contribution in [-0.4, -0.2) is 39.6 Å². The third-order valence-corrected chi connectivity index (χ3v) is 6.48. The minimum atomic E-state index is 0.0282. The first-order chi connectivity index (χ1) is 16.1. The van der Waals surface area contributed by atoms with Crippen LogP contribution in [0, 0.1) is 0 Å². The Kier molecular flexibility index (Phi) is 9.81. The van der Waals surface area contributed by atoms with E-state index in [4.69, 9.17) is 4.74 Å². The molecule has 0 aliphatic rings. The first kappa shape index (κ1) is 24.8. The number of methoxy groups -OCH3 is 1. The first-order valence-corrected chi connectivity index (χ1v) is 12.6. The van der Waals surface area contributed by atoms with E-state index in [1.165, 1.54) is 30.2 Å². The number of thioether (sulfide) groups is 1. The summed E-state index contributed by atoms with van der Waals surface area (Å²) in [4.78, 5) is 12.5. The van der Waals surface area contributed by atoms with Crippen LogP contribution < -0.4 is 10.1 Å². The molecule has 0 spiro atoms. The third kappa shape index (κ3) is 7.35. The molecule has 7 heteroatoms. The number of aryl methyl sites for hydroxylation is 1. The third-order valence-electron chi connectivity index (χ3n) is 5.51. The Balaban J connectivity index is 1.73. The summed E-state index contributed by atoms with van der Waals surface area (Å²) in [5.41, 5.74) is 2.13. The molecule has 3 aromatic rings. The van der Waals surface area contributed by atoms with Gasteiger partial charge in [0.05, 0.1) is 18.4 Å². The predicted molar refractivity (Wildman–Crippen MR) is 135 cm³/mol. The number of carbonyl (C=O) groups is 1. The number of benzene rings is 2. The lowest BCUT2D eigenvalue weighted by Gasteiger charge is -2.14. The maximum atomic E-state index is 12.5. The average Bonchev–Trinajstić information content (AvgIpc) is 3.24. The summed E-state index contributed by atoms with van der Waals surface area (Å²) in [5.74, 6) is 1.84. The first-order valence-electron chi connectivity index (χ1n) is 11.6. The summed E-state index contributed by atoms with van der Waals surface area (Å²) < 4.78 is 7.65. The fraction of sp³-hybridized carbons (Fsp3) is 0.423. The molecule has 1 unspecified atom stereocenters. The molecule has 1 heterocycles. The second-order valence-corrected chi connectivity index (χ2v) is 9.09. The van der Waals surface area contributed by atoms with Crippen molar-refractivity contribution >= 4 is 17.7 Å². The smallest absolute Gasteiger partial charge is 0.230 e. The predicted octanol–water partition coefficient (Wildman–Crippen LogP) is 5.37. The van der Waals surface area contributed by atoms with Crippen molar-refractivity contribution in [1.82, 2.24) is 20.1 Å². The van der Waals surface area contributed by atoms with Crippen molar-refractivity contribution in [3.8, 4) is 17.1 Å². The summed E-state index contributed by atoms with van der Waals surface area (Å²) in [6.45, 7) is 4.97. The van der Waals surface area contributed by atoms with Crippen LogP contribution in [0.4, 0.5) is 0 Å². The Morgan fingerprint density at radius 3 is 2.61 bits per heavy atom. The van der Waals surface area contributed by atoms with Crippen LogP contribution >= 0.6 is 11.8 Å². The van der Waals surface area contributed by atoms with Crippen LogP contribution in [0.2, 0.25) is 0 Å². The number of ether oxygens (including phenoxy) is 1. The Labute approximate surface area is 201 Å². The number of rotatable bonds is 13. The molecule has 0 saturated heterocycles. The summed E-state index contributed by atoms with van der Waals surface area (Å²) in [5, 5.41) is 12.8. The van der Waals surface area contributed by atoms with Crippen LogP contribution in [0.15, 0.2) is 59.8 Å². The fourth-order valence-corrected chi connectivity index (χ4v) is 4.51. The Bertz CT molecular complexity index is 1010. The zero-order valence-corrected chi connectivity index (χ0v) is 20.6. The summed E-state index contributed by atoms with van der Waals surface area (Å²) >= 11 is 1.43. The molecule has 2 aromatic carbocycles. The molecule has 0 aliphatic carbocycles. The maximum Gasteiger partial charge on any atom is 0.230 e. The van der Waals surface area contributed by atoms with E-state index < -0.39 is 0 Å². The highest BCUT2D eigenvalue weighted by molar-refractivity contribution is 7.99. The van der Waals surface area contributed by atoms with Crippen molar-refractivity contribution in [3.05, 3.63) is 60.2 Å². The van der Waals surface area contributed by atoms with Crippen LogP contribution in [0.25, 0.3) is 11.4 Å². The van der Waals surface area contributed by atoms with E-state index >= 15 is 0 Å². The molecular weight excluding hydrogens is 432 g/mol. The van der Waals surface area contributed by atoms with Gasteiger partial charge >= 0.3 is 0 Å². The zero-order valence-electron chi connectivity index (χ0n) is 19.8. The normalized spacial score (nSPS) is 11.8. The summed E-state index contributed by atoms with van der Waals surface area (Å²) in [7, 11) is 1.66. The second kappa shape index (κ2) is 13.0. The maximum absolute atomic E-state index is 12.5. The molecule has 0 radical (unpaired) electrons. The number of para-hydroxylation sites is 1. The topological polar surface area (TPSA) is 69.0 Å². The minimum Gasteiger partial charge on any atom is -0.496 e. The van der Waals surface area contributed by atoms with E-state index in [2.05, 4.69) is 46.1 Å². The van der Waals surface area contributed by atoms with Crippen LogP contribution in [-0.2, 0) is 17.8 Å². The number of hydrogen-bond acceptors (Lipinski definition) is 5. The van der Waals surface area contributed by atoms with Crippen LogP contribution in [0.5, 0.6) is 5.75 Å². The molecule has 1 atom stereocenters. The van der Waals surface area contributed by atoms with Gasteiger partial charge in [0, 0.05) is 12.6 Å². The number of carbonyl (C=O) groups excluding carboxylic acids is 1. The Hall–Kier alpha value is -2.80. The largest absolute Gasteiger partial charge is 0.496 e. The Morgan fingerprint density at radius 1 is 1.09 bits per heavy atom. The van der Waals surface area contributed by atoms with E-state index in [-0.39, 0.29) is 11.9 Å². The monoisotopic (exact) mass is 466 g/mol. The van der Waals surface area contributed by atoms with E-state index in [0.29, 0.717) is 12.3 Å². The highest BCUT2D eigenvalue weighted by Crippen LogP contribution is 2.31. The molecule has 0 saturated carbocycles. The standard InChI is InChI=1S/C26H34N4O2S/c1-4-5-7-12-20(2)27-24(31)19-33-26-29-28-25(22-15-10-11-16-23(22)32-3)30(26)18-17-21-13-8-6-9-14-21/h6,8-11,13-16,20H,4-5,7,12,17-19H2,1-3H3,(H,27,31). The fourth-order valence-electron chi connectivity index (χ4n) is 3.73. The van der Waals surface area contributed by atoms with Gasteiger partial charge < -0.3 is 14.6 Å². The van der Waals surface area contributed by atoms with Gasteiger partial charge in [-0.15, -0.1) is 10.2 Å². The Morgan fingerprint density at radius 2 is 1.85 bits per heavy atom. The highest BCUT2D eigenvalue weighted by atomic mass is 32.2. The zero-order chi connectivity index (χ0) is 23.5. The van der Waals surface area contributed by atoms with Crippen LogP contribution in [0.3, 0.4) is 0 Å². The molecule has 1 N–H and O–H groups in total. The van der Waals surface area contributed by atoms with Gasteiger partial charge in [0.1, 0.15) is 5.75 Å². The summed E-state index contributed by atoms with van der Waals surface area (Å²) in [6.07, 6.45) is 5.38. The molecule has 6 nitrogen and oxygen atoms in total. The van der Waals surface area contributed by atoms with Gasteiger partial charge in [-0.25, -0.2) is 0 Å². The SMILES string of the molecule is CCCCCC(C)NC(=O)CSc1nnc(-c2ccccc2OC)n1CCc1ccccc1. The minimum absolute atomic E-state index is 0.0282. The lowest BCUT2D eigenvalue weighted by molar-refractivity contribution is -0.119. The van der Waals surface area contributed by atoms with E-state index in [1.807, 2.05) is 42.5 Å². The average molecular weight is 467 g/mol. The van der Waals surface area contributed by atoms with Crippen LogP contribution in [0.1, 0.15) is 45.1 Å². The lowest BCUT2D eigenvalue weighted by atomic mass is 10.1. The van der Waals surface area contributed by atoms with Gasteiger partial charge in [-0.05, 0) is 37.5 Å². The molecule has 0 fully saturated rings. The number of hydrogen-bond donors (Lipinski definition) is 1. The van der Waals surface area contributed by atoms with Gasteiger partial charge in [0.2, 0.25) is 5.91 Å². The molecule has 176 valence electrons. The van der Waals surface area contributed by atoms with Crippen molar-refractivity contribution < 1.29 is 9.53 Å². The van der Waals surface area contributed by atoms with Crippen molar-refractivity contribution in [2.45, 2.75) is 63.7 Å². The molecule has 1 aromatic heterocycles.